The van der Waals surface area contributed by atoms with Gasteiger partial charge in [-0.05, 0) is 25.0 Å². The van der Waals surface area contributed by atoms with Gasteiger partial charge in [-0.1, -0.05) is 20.8 Å². The minimum Gasteiger partial charge on any atom is -0.394 e. The first-order valence-corrected chi connectivity index (χ1v) is 10.1. The Kier molecular flexibility index (Phi) is 9.32. The molecule has 0 radical (unpaired) electrons. The van der Waals surface area contributed by atoms with E-state index in [-0.39, 0.29) is 17.9 Å². The van der Waals surface area contributed by atoms with Gasteiger partial charge in [-0.25, -0.2) is 8.42 Å². The second-order valence-electron chi connectivity index (χ2n) is 5.44. The molecular formula is C13H29NO3S2. The van der Waals surface area contributed by atoms with Gasteiger partial charge in [-0.2, -0.15) is 11.8 Å². The van der Waals surface area contributed by atoms with Crippen molar-refractivity contribution in [2.75, 3.05) is 30.1 Å². The molecule has 2 N–H and O–H groups in total. The number of hydrogen-bond donors (Lipinski definition) is 2. The normalized spacial score (nSPS) is 15.7. The fourth-order valence-corrected chi connectivity index (χ4v) is 4.26. The van der Waals surface area contributed by atoms with Crippen LogP contribution in [0.5, 0.6) is 0 Å². The van der Waals surface area contributed by atoms with Crippen LogP contribution in [-0.4, -0.2) is 55.2 Å². The van der Waals surface area contributed by atoms with Gasteiger partial charge in [0.15, 0.2) is 0 Å². The predicted molar refractivity (Wildman–Crippen MR) is 84.6 cm³/mol. The molecule has 0 amide bonds. The van der Waals surface area contributed by atoms with E-state index in [1.165, 1.54) is 6.26 Å². The molecule has 0 saturated carbocycles. The number of nitrogens with one attached hydrogen (secondary N) is 1. The van der Waals surface area contributed by atoms with Crippen molar-refractivity contribution in [2.24, 2.45) is 0 Å². The molecule has 0 aliphatic carbocycles. The molecule has 0 aromatic rings. The lowest BCUT2D eigenvalue weighted by atomic mass is 9.91. The summed E-state index contributed by atoms with van der Waals surface area (Å²) >= 11 is 1.67. The summed E-state index contributed by atoms with van der Waals surface area (Å²) in [6.45, 7) is 6.40. The van der Waals surface area contributed by atoms with Gasteiger partial charge >= 0.3 is 0 Å². The van der Waals surface area contributed by atoms with Gasteiger partial charge in [0.05, 0.1) is 12.4 Å². The van der Waals surface area contributed by atoms with Crippen LogP contribution in [0.1, 0.15) is 40.0 Å². The molecule has 6 heteroatoms. The third-order valence-electron chi connectivity index (χ3n) is 3.12. The van der Waals surface area contributed by atoms with Crippen LogP contribution in [0.15, 0.2) is 0 Å². The molecule has 0 aliphatic heterocycles. The Bertz CT molecular complexity index is 325. The first-order chi connectivity index (χ1) is 8.74. The van der Waals surface area contributed by atoms with E-state index in [0.29, 0.717) is 11.8 Å². The Morgan fingerprint density at radius 2 is 1.95 bits per heavy atom. The van der Waals surface area contributed by atoms with Crippen LogP contribution in [0.2, 0.25) is 0 Å². The largest absolute Gasteiger partial charge is 0.394 e. The molecule has 19 heavy (non-hydrogen) atoms. The highest BCUT2D eigenvalue weighted by atomic mass is 32.2. The Morgan fingerprint density at radius 1 is 1.32 bits per heavy atom. The van der Waals surface area contributed by atoms with E-state index < -0.39 is 9.84 Å². The van der Waals surface area contributed by atoms with Gasteiger partial charge < -0.3 is 10.4 Å². The van der Waals surface area contributed by atoms with Crippen LogP contribution in [0.25, 0.3) is 0 Å². The van der Waals surface area contributed by atoms with Crippen LogP contribution in [0.4, 0.5) is 0 Å². The number of aliphatic hydroxyl groups excluding tert-OH is 1. The number of thioether (sulfide) groups is 1. The Labute approximate surface area is 122 Å². The molecule has 0 bridgehead atoms. The van der Waals surface area contributed by atoms with Crippen molar-refractivity contribution in [3.63, 3.8) is 0 Å². The fourth-order valence-electron chi connectivity index (χ4n) is 2.02. The molecule has 116 valence electrons. The SMILES string of the molecule is CCC(CO)(CCCSCCS(C)(=O)=O)NC(C)C. The Hall–Kier alpha value is 0.220. The molecule has 0 saturated heterocycles. The van der Waals surface area contributed by atoms with Gasteiger partial charge in [0, 0.05) is 23.6 Å². The van der Waals surface area contributed by atoms with E-state index in [1.807, 2.05) is 0 Å². The van der Waals surface area contributed by atoms with Gasteiger partial charge in [0.2, 0.25) is 0 Å². The van der Waals surface area contributed by atoms with Crippen LogP contribution < -0.4 is 5.32 Å². The van der Waals surface area contributed by atoms with E-state index in [0.717, 1.165) is 25.0 Å². The minimum atomic E-state index is -2.84. The van der Waals surface area contributed by atoms with Crippen LogP contribution in [0.3, 0.4) is 0 Å². The maximum absolute atomic E-state index is 11.0. The zero-order valence-electron chi connectivity index (χ0n) is 12.6. The van der Waals surface area contributed by atoms with Crippen molar-refractivity contribution >= 4 is 21.6 Å². The second kappa shape index (κ2) is 9.21. The number of hydrogen-bond acceptors (Lipinski definition) is 5. The van der Waals surface area contributed by atoms with E-state index in [1.54, 1.807) is 11.8 Å². The summed E-state index contributed by atoms with van der Waals surface area (Å²) in [5.74, 6) is 1.85. The van der Waals surface area contributed by atoms with Crippen molar-refractivity contribution in [3.05, 3.63) is 0 Å². The smallest absolute Gasteiger partial charge is 0.148 e. The monoisotopic (exact) mass is 311 g/mol. The minimum absolute atomic E-state index is 0.148. The quantitative estimate of drug-likeness (QED) is 0.568. The van der Waals surface area contributed by atoms with E-state index in [9.17, 15) is 13.5 Å². The van der Waals surface area contributed by atoms with Crippen LogP contribution in [0, 0.1) is 0 Å². The van der Waals surface area contributed by atoms with Crippen LogP contribution >= 0.6 is 11.8 Å². The third kappa shape index (κ3) is 9.71. The molecule has 0 aromatic carbocycles. The van der Waals surface area contributed by atoms with Crippen molar-refractivity contribution in [1.29, 1.82) is 0 Å². The lowest BCUT2D eigenvalue weighted by molar-refractivity contribution is 0.137. The average Bonchev–Trinajstić information content (AvgIpc) is 2.30. The Morgan fingerprint density at radius 3 is 2.37 bits per heavy atom. The Balaban J connectivity index is 3.94. The summed E-state index contributed by atoms with van der Waals surface area (Å²) in [5, 5.41) is 13.0. The molecule has 0 heterocycles. The predicted octanol–water partition coefficient (Wildman–Crippen LogP) is 1.68. The lowest BCUT2D eigenvalue weighted by Gasteiger charge is -2.34. The topological polar surface area (TPSA) is 66.4 Å². The van der Waals surface area contributed by atoms with Crippen molar-refractivity contribution in [1.82, 2.24) is 5.32 Å². The summed E-state index contributed by atoms with van der Waals surface area (Å²) in [5.41, 5.74) is -0.189. The first-order valence-electron chi connectivity index (χ1n) is 6.88. The van der Waals surface area contributed by atoms with Crippen LogP contribution in [-0.2, 0) is 9.84 Å². The van der Waals surface area contributed by atoms with Gasteiger partial charge in [0.25, 0.3) is 0 Å². The molecule has 0 rings (SSSR count). The molecule has 4 nitrogen and oxygen atoms in total. The fraction of sp³-hybridized carbons (Fsp3) is 1.00. The van der Waals surface area contributed by atoms with E-state index >= 15 is 0 Å². The highest BCUT2D eigenvalue weighted by Gasteiger charge is 2.26. The summed E-state index contributed by atoms with van der Waals surface area (Å²) in [6, 6.07) is 0.352. The summed E-state index contributed by atoms with van der Waals surface area (Å²) in [7, 11) is -2.84. The third-order valence-corrected chi connectivity index (χ3v) is 5.39. The standard InChI is InChI=1S/C13H29NO3S2/c1-5-13(11-15,14-12(2)3)7-6-8-18-9-10-19(4,16)17/h12,14-15H,5-11H2,1-4H3. The highest BCUT2D eigenvalue weighted by molar-refractivity contribution is 8.00. The van der Waals surface area contributed by atoms with Gasteiger partial charge in [-0.3, -0.25) is 0 Å². The number of rotatable bonds is 11. The van der Waals surface area contributed by atoms with Crippen molar-refractivity contribution in [3.8, 4) is 0 Å². The molecule has 0 spiro atoms. The maximum Gasteiger partial charge on any atom is 0.148 e. The van der Waals surface area contributed by atoms with E-state index in [2.05, 4.69) is 26.1 Å². The molecule has 0 aliphatic rings. The summed E-state index contributed by atoms with van der Waals surface area (Å²) in [4.78, 5) is 0. The molecule has 1 unspecified atom stereocenters. The van der Waals surface area contributed by atoms with Gasteiger partial charge in [-0.15, -0.1) is 0 Å². The van der Waals surface area contributed by atoms with Gasteiger partial charge in [0.1, 0.15) is 9.84 Å². The second-order valence-corrected chi connectivity index (χ2v) is 8.92. The molecule has 0 aromatic heterocycles. The zero-order valence-corrected chi connectivity index (χ0v) is 14.2. The molecule has 0 fully saturated rings. The average molecular weight is 312 g/mol. The zero-order chi connectivity index (χ0) is 14.9. The molecular weight excluding hydrogens is 282 g/mol. The lowest BCUT2D eigenvalue weighted by Crippen LogP contribution is -2.51. The number of aliphatic hydroxyl groups is 1. The van der Waals surface area contributed by atoms with Crippen molar-refractivity contribution < 1.29 is 13.5 Å². The number of sulfone groups is 1. The van der Waals surface area contributed by atoms with Crippen molar-refractivity contribution in [2.45, 2.75) is 51.6 Å². The highest BCUT2D eigenvalue weighted by Crippen LogP contribution is 2.19. The summed E-state index contributed by atoms with van der Waals surface area (Å²) in [6.07, 6.45) is 4.08. The van der Waals surface area contributed by atoms with E-state index in [4.69, 9.17) is 0 Å². The maximum atomic E-state index is 11.0. The molecule has 1 atom stereocenters. The first kappa shape index (κ1) is 19.2. The summed E-state index contributed by atoms with van der Waals surface area (Å²) < 4.78 is 22.0.